The molecule has 0 saturated carbocycles. The standard InChI is InChI=1S/C21H21NO4.C19H19NO3/c1-12(2)14-9-10-17(18(11-14)26-4)21(22-13(3)23)19(24)15-7-5-6-8-16(15)20(21)25;1-11(2)12-8-9-15(16(10-12)23-3)19(20)17(21)13-6-4-5-7-14(13)18(19)22/h5-12H,1-4H3,(H,22,23);4-11H,20H2,1-3H3. The van der Waals surface area contributed by atoms with Crippen LogP contribution in [0.3, 0.4) is 0 Å². The molecule has 0 heterocycles. The number of ether oxygens (including phenoxy) is 2. The molecule has 0 atom stereocenters. The summed E-state index contributed by atoms with van der Waals surface area (Å²) in [4.78, 5) is 64.1. The van der Waals surface area contributed by atoms with E-state index in [4.69, 9.17) is 15.2 Å². The Morgan fingerprint density at radius 3 is 1.35 bits per heavy atom. The maximum atomic E-state index is 13.3. The minimum absolute atomic E-state index is 0.252. The van der Waals surface area contributed by atoms with Crippen LogP contribution in [0, 0.1) is 0 Å². The lowest BCUT2D eigenvalue weighted by atomic mass is 9.83. The van der Waals surface area contributed by atoms with Crippen LogP contribution in [0.15, 0.2) is 84.9 Å². The molecule has 4 aromatic carbocycles. The molecule has 0 fully saturated rings. The Labute approximate surface area is 285 Å². The molecule has 0 unspecified atom stereocenters. The van der Waals surface area contributed by atoms with Gasteiger partial charge >= 0.3 is 0 Å². The van der Waals surface area contributed by atoms with Gasteiger partial charge in [0, 0.05) is 40.3 Å². The van der Waals surface area contributed by atoms with E-state index in [1.807, 2.05) is 38.1 Å². The van der Waals surface area contributed by atoms with Crippen molar-refractivity contribution >= 4 is 29.0 Å². The van der Waals surface area contributed by atoms with Crippen molar-refractivity contribution < 1.29 is 33.4 Å². The van der Waals surface area contributed by atoms with Crippen LogP contribution in [0.1, 0.15) is 110 Å². The number of fused-ring (bicyclic) bond motifs is 2. The van der Waals surface area contributed by atoms with Crippen LogP contribution in [0.4, 0.5) is 0 Å². The smallest absolute Gasteiger partial charge is 0.218 e. The Morgan fingerprint density at radius 1 is 0.612 bits per heavy atom. The molecule has 0 aliphatic heterocycles. The molecule has 4 aromatic rings. The molecule has 1 amide bonds. The minimum atomic E-state index is -1.80. The van der Waals surface area contributed by atoms with Gasteiger partial charge in [-0.25, -0.2) is 0 Å². The molecule has 49 heavy (non-hydrogen) atoms. The third kappa shape index (κ3) is 5.64. The lowest BCUT2D eigenvalue weighted by Gasteiger charge is -2.29. The number of amides is 1. The number of hydrogen-bond acceptors (Lipinski definition) is 8. The van der Waals surface area contributed by atoms with E-state index in [0.717, 1.165) is 11.1 Å². The zero-order valence-corrected chi connectivity index (χ0v) is 28.7. The van der Waals surface area contributed by atoms with Crippen molar-refractivity contribution in [1.82, 2.24) is 5.32 Å². The van der Waals surface area contributed by atoms with Crippen LogP contribution in [0.25, 0.3) is 0 Å². The van der Waals surface area contributed by atoms with Crippen LogP contribution >= 0.6 is 0 Å². The third-order valence-corrected chi connectivity index (χ3v) is 9.21. The SMILES string of the molecule is COc1cc(C(C)C)ccc1C1(N)C(=O)c2ccccc2C1=O.COc1cc(C(C)C)ccc1C1(NC(C)=O)C(=O)c2ccccc2C1=O. The molecule has 0 saturated heterocycles. The topological polar surface area (TPSA) is 142 Å². The normalized spacial score (nSPS) is 15.5. The van der Waals surface area contributed by atoms with Gasteiger partial charge in [0.1, 0.15) is 11.5 Å². The maximum Gasteiger partial charge on any atom is 0.218 e. The highest BCUT2D eigenvalue weighted by molar-refractivity contribution is 6.34. The van der Waals surface area contributed by atoms with E-state index in [9.17, 15) is 24.0 Å². The molecule has 0 bridgehead atoms. The van der Waals surface area contributed by atoms with E-state index in [0.29, 0.717) is 50.8 Å². The molecule has 0 aromatic heterocycles. The summed E-state index contributed by atoms with van der Waals surface area (Å²) in [7, 11) is 3.00. The maximum absolute atomic E-state index is 13.3. The Balaban J connectivity index is 0.000000192. The first-order chi connectivity index (χ1) is 23.2. The summed E-state index contributed by atoms with van der Waals surface area (Å²) in [6.07, 6.45) is 0. The average molecular weight is 661 g/mol. The van der Waals surface area contributed by atoms with E-state index in [-0.39, 0.29) is 17.5 Å². The highest BCUT2D eigenvalue weighted by atomic mass is 16.5. The van der Waals surface area contributed by atoms with Crippen LogP contribution < -0.4 is 20.5 Å². The fraction of sp³-hybridized carbons (Fsp3) is 0.275. The van der Waals surface area contributed by atoms with Crippen molar-refractivity contribution in [3.63, 3.8) is 0 Å². The fourth-order valence-corrected chi connectivity index (χ4v) is 6.50. The second kappa shape index (κ2) is 13.2. The highest BCUT2D eigenvalue weighted by Gasteiger charge is 2.56. The van der Waals surface area contributed by atoms with Gasteiger partial charge in [-0.05, 0) is 35.1 Å². The first-order valence-corrected chi connectivity index (χ1v) is 16.1. The van der Waals surface area contributed by atoms with Crippen LogP contribution in [-0.2, 0) is 15.9 Å². The van der Waals surface area contributed by atoms with Crippen molar-refractivity contribution in [1.29, 1.82) is 0 Å². The number of ketones is 4. The number of hydrogen-bond donors (Lipinski definition) is 2. The number of nitrogens with one attached hydrogen (secondary N) is 1. The van der Waals surface area contributed by atoms with Gasteiger partial charge in [-0.3, -0.25) is 24.0 Å². The van der Waals surface area contributed by atoms with E-state index in [2.05, 4.69) is 19.2 Å². The predicted molar refractivity (Wildman–Crippen MR) is 186 cm³/mol. The summed E-state index contributed by atoms with van der Waals surface area (Å²) >= 11 is 0. The molecule has 252 valence electrons. The summed E-state index contributed by atoms with van der Waals surface area (Å²) in [5.41, 5.74) is 7.02. The van der Waals surface area contributed by atoms with Crippen molar-refractivity contribution in [2.75, 3.05) is 14.2 Å². The molecular weight excluding hydrogens is 620 g/mol. The largest absolute Gasteiger partial charge is 0.496 e. The zero-order chi connectivity index (χ0) is 35.8. The lowest BCUT2D eigenvalue weighted by molar-refractivity contribution is -0.120. The molecule has 2 aliphatic rings. The Morgan fingerprint density at radius 2 is 0.980 bits per heavy atom. The Hall–Kier alpha value is -5.41. The number of Topliss-reactive ketones (excluding diaryl/α,β-unsaturated/α-hetero) is 4. The van der Waals surface area contributed by atoms with E-state index < -0.39 is 28.6 Å². The van der Waals surface area contributed by atoms with E-state index in [1.54, 1.807) is 60.7 Å². The first kappa shape index (κ1) is 34.9. The van der Waals surface area contributed by atoms with Gasteiger partial charge < -0.3 is 20.5 Å². The number of methoxy groups -OCH3 is 2. The summed E-state index contributed by atoms with van der Waals surface area (Å²) in [5.74, 6) is -0.682. The lowest BCUT2D eigenvalue weighted by Crippen LogP contribution is -2.53. The van der Waals surface area contributed by atoms with Gasteiger partial charge in [0.15, 0.2) is 22.6 Å². The van der Waals surface area contributed by atoms with Gasteiger partial charge in [0.05, 0.1) is 14.2 Å². The number of nitrogens with two attached hydrogens (primary N) is 1. The second-order valence-corrected chi connectivity index (χ2v) is 12.9. The summed E-state index contributed by atoms with van der Waals surface area (Å²) in [6.45, 7) is 9.50. The van der Waals surface area contributed by atoms with Crippen molar-refractivity contribution in [3.8, 4) is 11.5 Å². The molecule has 0 radical (unpaired) electrons. The highest BCUT2D eigenvalue weighted by Crippen LogP contribution is 2.43. The van der Waals surface area contributed by atoms with Crippen LogP contribution in [0.2, 0.25) is 0 Å². The molecular formula is C40H40N2O7. The van der Waals surface area contributed by atoms with Crippen LogP contribution in [-0.4, -0.2) is 43.3 Å². The quantitative estimate of drug-likeness (QED) is 0.221. The first-order valence-electron chi connectivity index (χ1n) is 16.1. The molecule has 9 heteroatoms. The van der Waals surface area contributed by atoms with Gasteiger partial charge in [0.2, 0.25) is 17.5 Å². The van der Waals surface area contributed by atoms with Gasteiger partial charge in [-0.2, -0.15) is 0 Å². The van der Waals surface area contributed by atoms with Crippen molar-refractivity contribution in [2.45, 2.75) is 57.5 Å². The summed E-state index contributed by atoms with van der Waals surface area (Å²) in [6, 6.07) is 24.2. The zero-order valence-electron chi connectivity index (χ0n) is 28.7. The van der Waals surface area contributed by atoms with E-state index in [1.165, 1.54) is 21.1 Å². The number of rotatable bonds is 7. The fourth-order valence-electron chi connectivity index (χ4n) is 6.50. The van der Waals surface area contributed by atoms with Gasteiger partial charge in [-0.15, -0.1) is 0 Å². The average Bonchev–Trinajstić information content (AvgIpc) is 3.43. The Bertz CT molecular complexity index is 1940. The molecule has 0 spiro atoms. The molecule has 6 rings (SSSR count). The number of carbonyl (C=O) groups excluding carboxylic acids is 5. The van der Waals surface area contributed by atoms with Gasteiger partial charge in [-0.1, -0.05) is 100 Å². The minimum Gasteiger partial charge on any atom is -0.496 e. The number of benzene rings is 4. The van der Waals surface area contributed by atoms with Crippen molar-refractivity contribution in [2.24, 2.45) is 5.73 Å². The molecule has 2 aliphatic carbocycles. The molecule has 9 nitrogen and oxygen atoms in total. The van der Waals surface area contributed by atoms with Gasteiger partial charge in [0.25, 0.3) is 0 Å². The predicted octanol–water partition coefficient (Wildman–Crippen LogP) is 6.28. The number of carbonyl (C=O) groups is 5. The third-order valence-electron chi connectivity index (χ3n) is 9.21. The summed E-state index contributed by atoms with van der Waals surface area (Å²) in [5, 5.41) is 2.62. The van der Waals surface area contributed by atoms with E-state index >= 15 is 0 Å². The van der Waals surface area contributed by atoms with Crippen LogP contribution in [0.5, 0.6) is 11.5 Å². The summed E-state index contributed by atoms with van der Waals surface area (Å²) < 4.78 is 10.9. The monoisotopic (exact) mass is 660 g/mol. The molecule has 3 N–H and O–H groups in total. The van der Waals surface area contributed by atoms with Crippen molar-refractivity contribution in [3.05, 3.63) is 129 Å². The Kier molecular flexibility index (Phi) is 9.43. The second-order valence-electron chi connectivity index (χ2n) is 12.9.